The van der Waals surface area contributed by atoms with E-state index in [1.165, 1.54) is 0 Å². The van der Waals surface area contributed by atoms with E-state index in [9.17, 15) is 5.11 Å². The monoisotopic (exact) mass is 173 g/mol. The summed E-state index contributed by atoms with van der Waals surface area (Å²) in [5.41, 5.74) is 2.27. The Bertz CT molecular complexity index is 379. The van der Waals surface area contributed by atoms with Crippen LogP contribution in [0.3, 0.4) is 0 Å². The molecule has 1 aromatic heterocycles. The summed E-state index contributed by atoms with van der Waals surface area (Å²) in [6.45, 7) is 0. The molecule has 0 aliphatic rings. The van der Waals surface area contributed by atoms with Gasteiger partial charge < -0.3 is 10.1 Å². The van der Waals surface area contributed by atoms with E-state index in [-0.39, 0.29) is 0 Å². The molecule has 2 nitrogen and oxygen atoms in total. The lowest BCUT2D eigenvalue weighted by Crippen LogP contribution is -1.86. The summed E-state index contributed by atoms with van der Waals surface area (Å²) in [6.07, 6.45) is 2.74. The van der Waals surface area contributed by atoms with Gasteiger partial charge >= 0.3 is 0 Å². The molecule has 0 unspecified atom stereocenters. The third-order valence-electron chi connectivity index (χ3n) is 1.97. The van der Waals surface area contributed by atoms with E-state index in [0.29, 0.717) is 5.75 Å². The molecule has 1 heterocycles. The van der Waals surface area contributed by atoms with Crippen molar-refractivity contribution in [2.75, 3.05) is 0 Å². The normalized spacial score (nSPS) is 10.2. The molecule has 0 bridgehead atoms. The smallest absolute Gasteiger partial charge is 0.115 e. The molecule has 0 aliphatic carbocycles. The van der Waals surface area contributed by atoms with Crippen LogP contribution in [-0.4, -0.2) is 10.1 Å². The molecule has 0 fully saturated rings. The van der Waals surface area contributed by atoms with E-state index >= 15 is 0 Å². The third-order valence-corrected chi connectivity index (χ3v) is 1.97. The van der Waals surface area contributed by atoms with Crippen LogP contribution in [0.1, 0.15) is 11.3 Å². The van der Waals surface area contributed by atoms with Crippen LogP contribution in [0.2, 0.25) is 0 Å². The lowest BCUT2D eigenvalue weighted by atomic mass is 10.1. The van der Waals surface area contributed by atoms with Crippen molar-refractivity contribution in [1.82, 2.24) is 4.98 Å². The van der Waals surface area contributed by atoms with Gasteiger partial charge in [0, 0.05) is 18.3 Å². The number of aromatic nitrogens is 1. The van der Waals surface area contributed by atoms with Crippen LogP contribution >= 0.6 is 0 Å². The Balaban J connectivity index is 2.19. The van der Waals surface area contributed by atoms with Crippen LogP contribution in [0.4, 0.5) is 0 Å². The van der Waals surface area contributed by atoms with Crippen LogP contribution in [0.5, 0.6) is 5.75 Å². The van der Waals surface area contributed by atoms with E-state index in [1.54, 1.807) is 12.1 Å². The fourth-order valence-corrected chi connectivity index (χ4v) is 1.36. The number of aromatic amines is 1. The zero-order valence-electron chi connectivity index (χ0n) is 7.20. The average molecular weight is 173 g/mol. The zero-order valence-corrected chi connectivity index (χ0v) is 7.20. The zero-order chi connectivity index (χ0) is 9.10. The van der Waals surface area contributed by atoms with E-state index < -0.39 is 0 Å². The van der Waals surface area contributed by atoms with Gasteiger partial charge in [0.2, 0.25) is 0 Å². The first kappa shape index (κ1) is 7.92. The van der Waals surface area contributed by atoms with Crippen LogP contribution in [0.15, 0.2) is 42.6 Å². The van der Waals surface area contributed by atoms with Crippen LogP contribution in [0, 0.1) is 0 Å². The maximum absolute atomic E-state index is 9.23. The number of rotatable bonds is 2. The van der Waals surface area contributed by atoms with Gasteiger partial charge in [0.05, 0.1) is 0 Å². The molecule has 13 heavy (non-hydrogen) atoms. The molecule has 66 valence electrons. The van der Waals surface area contributed by atoms with E-state index in [1.807, 2.05) is 30.5 Å². The molecule has 2 aromatic rings. The summed E-state index contributed by atoms with van der Waals surface area (Å²) in [4.78, 5) is 3.12. The summed E-state index contributed by atoms with van der Waals surface area (Å²) in [7, 11) is 0. The van der Waals surface area contributed by atoms with Gasteiger partial charge in [-0.1, -0.05) is 12.1 Å². The highest BCUT2D eigenvalue weighted by Gasteiger charge is 1.96. The second-order valence-corrected chi connectivity index (χ2v) is 3.04. The second kappa shape index (κ2) is 3.35. The first-order chi connectivity index (χ1) is 6.34. The van der Waals surface area contributed by atoms with Crippen LogP contribution in [-0.2, 0) is 6.42 Å². The molecule has 1 aromatic carbocycles. The number of H-pyrrole nitrogens is 1. The van der Waals surface area contributed by atoms with Crippen molar-refractivity contribution >= 4 is 0 Å². The van der Waals surface area contributed by atoms with Gasteiger partial charge in [0.1, 0.15) is 5.75 Å². The number of phenols is 1. The highest BCUT2D eigenvalue weighted by atomic mass is 16.3. The van der Waals surface area contributed by atoms with Crippen molar-refractivity contribution in [1.29, 1.82) is 0 Å². The summed E-state index contributed by atoms with van der Waals surface area (Å²) >= 11 is 0. The minimum Gasteiger partial charge on any atom is -0.508 e. The number of hydrogen-bond acceptors (Lipinski definition) is 1. The fourth-order valence-electron chi connectivity index (χ4n) is 1.36. The molecule has 0 radical (unpaired) electrons. The van der Waals surface area contributed by atoms with Gasteiger partial charge in [-0.05, 0) is 29.8 Å². The van der Waals surface area contributed by atoms with Crippen molar-refractivity contribution in [2.45, 2.75) is 6.42 Å². The van der Waals surface area contributed by atoms with Crippen LogP contribution in [0.25, 0.3) is 0 Å². The van der Waals surface area contributed by atoms with E-state index in [2.05, 4.69) is 4.98 Å². The number of benzene rings is 1. The standard InChI is InChI=1S/C11H11NO/c13-11-5-1-3-9(8-11)7-10-4-2-6-12-10/h1-6,8,12-13H,7H2. The highest BCUT2D eigenvalue weighted by Crippen LogP contribution is 2.13. The van der Waals surface area contributed by atoms with E-state index in [4.69, 9.17) is 0 Å². The van der Waals surface area contributed by atoms with Gasteiger partial charge in [-0.3, -0.25) is 0 Å². The lowest BCUT2D eigenvalue weighted by molar-refractivity contribution is 0.474. The van der Waals surface area contributed by atoms with Gasteiger partial charge in [0.15, 0.2) is 0 Å². The molecule has 2 heteroatoms. The maximum atomic E-state index is 9.23. The molecule has 0 amide bonds. The first-order valence-corrected chi connectivity index (χ1v) is 4.25. The molecule has 0 spiro atoms. The van der Waals surface area contributed by atoms with Gasteiger partial charge in [-0.15, -0.1) is 0 Å². The molecular weight excluding hydrogens is 162 g/mol. The fraction of sp³-hybridized carbons (Fsp3) is 0.0909. The Labute approximate surface area is 76.9 Å². The largest absolute Gasteiger partial charge is 0.508 e. The molecule has 2 rings (SSSR count). The van der Waals surface area contributed by atoms with Crippen LogP contribution < -0.4 is 0 Å². The van der Waals surface area contributed by atoms with Gasteiger partial charge in [0.25, 0.3) is 0 Å². The number of phenolic OH excluding ortho intramolecular Hbond substituents is 1. The minimum absolute atomic E-state index is 0.323. The Morgan fingerprint density at radius 3 is 2.77 bits per heavy atom. The van der Waals surface area contributed by atoms with Crippen molar-refractivity contribution in [3.05, 3.63) is 53.9 Å². The quantitative estimate of drug-likeness (QED) is 0.718. The molecule has 0 saturated carbocycles. The summed E-state index contributed by atoms with van der Waals surface area (Å²) in [6, 6.07) is 11.3. The Morgan fingerprint density at radius 1 is 1.15 bits per heavy atom. The Kier molecular flexibility index (Phi) is 2.04. The number of hydrogen-bond donors (Lipinski definition) is 2. The SMILES string of the molecule is Oc1cccc(Cc2ccc[nH]2)c1. The third kappa shape index (κ3) is 1.90. The maximum Gasteiger partial charge on any atom is 0.115 e. The first-order valence-electron chi connectivity index (χ1n) is 4.25. The molecule has 2 N–H and O–H groups in total. The lowest BCUT2D eigenvalue weighted by Gasteiger charge is -1.99. The van der Waals surface area contributed by atoms with Crippen molar-refractivity contribution in [3.63, 3.8) is 0 Å². The minimum atomic E-state index is 0.323. The van der Waals surface area contributed by atoms with Crippen molar-refractivity contribution in [2.24, 2.45) is 0 Å². The summed E-state index contributed by atoms with van der Waals surface area (Å²) < 4.78 is 0. The number of nitrogens with one attached hydrogen (secondary N) is 1. The molecule has 0 saturated heterocycles. The Morgan fingerprint density at radius 2 is 2.08 bits per heavy atom. The van der Waals surface area contributed by atoms with Gasteiger partial charge in [-0.25, -0.2) is 0 Å². The van der Waals surface area contributed by atoms with Gasteiger partial charge in [-0.2, -0.15) is 0 Å². The predicted octanol–water partition coefficient (Wildman–Crippen LogP) is 2.31. The second-order valence-electron chi connectivity index (χ2n) is 3.04. The molecule has 0 atom stereocenters. The highest BCUT2D eigenvalue weighted by molar-refractivity contribution is 5.29. The number of aromatic hydroxyl groups is 1. The van der Waals surface area contributed by atoms with E-state index in [0.717, 1.165) is 17.7 Å². The van der Waals surface area contributed by atoms with Crippen molar-refractivity contribution in [3.8, 4) is 5.75 Å². The molecule has 0 aliphatic heterocycles. The summed E-state index contributed by atoms with van der Waals surface area (Å²) in [5.74, 6) is 0.323. The average Bonchev–Trinajstić information content (AvgIpc) is 2.57. The Hall–Kier alpha value is -1.70. The topological polar surface area (TPSA) is 36.0 Å². The van der Waals surface area contributed by atoms with Crippen molar-refractivity contribution < 1.29 is 5.11 Å². The summed E-state index contributed by atoms with van der Waals surface area (Å²) in [5, 5.41) is 9.23. The predicted molar refractivity (Wildman–Crippen MR) is 51.7 cm³/mol. The molecular formula is C11H11NO.